The molecule has 1 saturated heterocycles. The smallest absolute Gasteiger partial charge is 0.368 e. The van der Waals surface area contributed by atoms with Crippen molar-refractivity contribution in [1.82, 2.24) is 14.5 Å². The van der Waals surface area contributed by atoms with Crippen molar-refractivity contribution in [3.63, 3.8) is 0 Å². The predicted molar refractivity (Wildman–Crippen MR) is 78.2 cm³/mol. The maximum Gasteiger partial charge on any atom is 0.417 e. The SMILES string of the molecule is Cn1ccnc1[C@H]1OCC[C@@H]1Nc1ncc(C(F)(F)F)cc1Cl. The molecule has 0 unspecified atom stereocenters. The van der Waals surface area contributed by atoms with Crippen LogP contribution in [0.4, 0.5) is 19.0 Å². The summed E-state index contributed by atoms with van der Waals surface area (Å²) in [5.41, 5.74) is -0.878. The zero-order chi connectivity index (χ0) is 16.6. The summed E-state index contributed by atoms with van der Waals surface area (Å²) < 4.78 is 45.5. The normalized spacial score (nSPS) is 21.6. The van der Waals surface area contributed by atoms with Crippen LogP contribution in [0, 0.1) is 0 Å². The van der Waals surface area contributed by atoms with Crippen LogP contribution >= 0.6 is 11.6 Å². The van der Waals surface area contributed by atoms with Gasteiger partial charge in [-0.2, -0.15) is 13.2 Å². The molecule has 0 aromatic carbocycles. The van der Waals surface area contributed by atoms with Crippen LogP contribution < -0.4 is 5.32 Å². The van der Waals surface area contributed by atoms with Gasteiger partial charge in [0, 0.05) is 32.2 Å². The molecule has 0 bridgehead atoms. The molecular formula is C14H14ClF3N4O. The Balaban J connectivity index is 1.80. The van der Waals surface area contributed by atoms with Crippen LogP contribution in [0.25, 0.3) is 0 Å². The highest BCUT2D eigenvalue weighted by atomic mass is 35.5. The van der Waals surface area contributed by atoms with E-state index in [1.807, 2.05) is 11.6 Å². The number of rotatable bonds is 3. The molecule has 0 aliphatic carbocycles. The number of aryl methyl sites for hydroxylation is 1. The lowest BCUT2D eigenvalue weighted by Gasteiger charge is -2.21. The Labute approximate surface area is 135 Å². The van der Waals surface area contributed by atoms with Crippen molar-refractivity contribution in [2.24, 2.45) is 7.05 Å². The van der Waals surface area contributed by atoms with Gasteiger partial charge < -0.3 is 14.6 Å². The van der Waals surface area contributed by atoms with Crippen LogP contribution in [0.2, 0.25) is 5.02 Å². The number of pyridine rings is 1. The Kier molecular flexibility index (Phi) is 4.20. The van der Waals surface area contributed by atoms with Gasteiger partial charge in [0.1, 0.15) is 17.7 Å². The molecule has 124 valence electrons. The molecule has 23 heavy (non-hydrogen) atoms. The molecule has 0 saturated carbocycles. The lowest BCUT2D eigenvalue weighted by Crippen LogP contribution is -2.26. The van der Waals surface area contributed by atoms with Gasteiger partial charge in [-0.3, -0.25) is 0 Å². The van der Waals surface area contributed by atoms with Crippen LogP contribution in [-0.2, 0) is 18.0 Å². The fourth-order valence-corrected chi connectivity index (χ4v) is 2.74. The van der Waals surface area contributed by atoms with Crippen LogP contribution in [0.3, 0.4) is 0 Å². The minimum absolute atomic E-state index is 0.0784. The summed E-state index contributed by atoms with van der Waals surface area (Å²) in [6.07, 6.45) is 0.127. The van der Waals surface area contributed by atoms with Gasteiger partial charge in [0.2, 0.25) is 0 Å². The Morgan fingerprint density at radius 1 is 1.39 bits per heavy atom. The molecule has 5 nitrogen and oxygen atoms in total. The van der Waals surface area contributed by atoms with E-state index in [-0.39, 0.29) is 23.0 Å². The van der Waals surface area contributed by atoms with E-state index >= 15 is 0 Å². The zero-order valence-corrected chi connectivity index (χ0v) is 12.9. The van der Waals surface area contributed by atoms with E-state index < -0.39 is 11.7 Å². The highest BCUT2D eigenvalue weighted by Crippen LogP contribution is 2.35. The van der Waals surface area contributed by atoms with E-state index in [1.54, 1.807) is 12.4 Å². The van der Waals surface area contributed by atoms with Gasteiger partial charge in [-0.1, -0.05) is 11.6 Å². The summed E-state index contributed by atoms with van der Waals surface area (Å²) in [6, 6.07) is 0.695. The van der Waals surface area contributed by atoms with Crippen molar-refractivity contribution in [3.05, 3.63) is 41.1 Å². The summed E-state index contributed by atoms with van der Waals surface area (Å²) >= 11 is 5.93. The average Bonchev–Trinajstić information content (AvgIpc) is 3.08. The Morgan fingerprint density at radius 3 is 2.78 bits per heavy atom. The standard InChI is InChI=1S/C14H14ClF3N4O/c1-22-4-3-19-13(22)11-10(2-5-23-11)21-12-9(15)6-8(7-20-12)14(16,17)18/h3-4,6-7,10-11H,2,5H2,1H3,(H,20,21)/t10-,11-/m0/s1. The summed E-state index contributed by atoms with van der Waals surface area (Å²) in [4.78, 5) is 8.05. The predicted octanol–water partition coefficient (Wildman–Crippen LogP) is 3.43. The lowest BCUT2D eigenvalue weighted by atomic mass is 10.1. The van der Waals surface area contributed by atoms with Gasteiger partial charge in [-0.05, 0) is 12.5 Å². The zero-order valence-electron chi connectivity index (χ0n) is 12.1. The van der Waals surface area contributed by atoms with Crippen LogP contribution in [0.1, 0.15) is 23.9 Å². The van der Waals surface area contributed by atoms with E-state index in [9.17, 15) is 13.2 Å². The molecular weight excluding hydrogens is 333 g/mol. The van der Waals surface area contributed by atoms with Gasteiger partial charge in [-0.25, -0.2) is 9.97 Å². The number of alkyl halides is 3. The first kappa shape index (κ1) is 16.1. The van der Waals surface area contributed by atoms with E-state index in [0.29, 0.717) is 13.0 Å². The average molecular weight is 347 g/mol. The number of hydrogen-bond acceptors (Lipinski definition) is 4. The van der Waals surface area contributed by atoms with E-state index in [2.05, 4.69) is 15.3 Å². The Bertz CT molecular complexity index is 704. The summed E-state index contributed by atoms with van der Waals surface area (Å²) in [5, 5.41) is 2.99. The summed E-state index contributed by atoms with van der Waals surface area (Å²) in [6.45, 7) is 0.521. The van der Waals surface area contributed by atoms with Gasteiger partial charge in [-0.15, -0.1) is 0 Å². The molecule has 3 heterocycles. The van der Waals surface area contributed by atoms with Crippen molar-refractivity contribution in [2.45, 2.75) is 24.7 Å². The molecule has 0 amide bonds. The van der Waals surface area contributed by atoms with Gasteiger partial charge >= 0.3 is 6.18 Å². The first-order valence-corrected chi connectivity index (χ1v) is 7.32. The summed E-state index contributed by atoms with van der Waals surface area (Å²) in [7, 11) is 1.85. The molecule has 2 atom stereocenters. The number of nitrogens with zero attached hydrogens (tertiary/aromatic N) is 3. The fourth-order valence-electron chi connectivity index (χ4n) is 2.52. The minimum Gasteiger partial charge on any atom is -0.368 e. The quantitative estimate of drug-likeness (QED) is 0.925. The molecule has 1 N–H and O–H groups in total. The molecule has 0 radical (unpaired) electrons. The first-order chi connectivity index (χ1) is 10.9. The second-order valence-corrected chi connectivity index (χ2v) is 5.69. The largest absolute Gasteiger partial charge is 0.417 e. The van der Waals surface area contributed by atoms with Crippen molar-refractivity contribution >= 4 is 17.4 Å². The van der Waals surface area contributed by atoms with Gasteiger partial charge in [0.05, 0.1) is 16.6 Å². The van der Waals surface area contributed by atoms with Crippen molar-refractivity contribution < 1.29 is 17.9 Å². The molecule has 2 aromatic rings. The third kappa shape index (κ3) is 3.28. The molecule has 0 spiro atoms. The van der Waals surface area contributed by atoms with Crippen LogP contribution in [-0.4, -0.2) is 27.2 Å². The number of imidazole rings is 1. The topological polar surface area (TPSA) is 52.0 Å². The molecule has 1 aliphatic heterocycles. The van der Waals surface area contributed by atoms with Crippen molar-refractivity contribution in [3.8, 4) is 0 Å². The number of aromatic nitrogens is 3. The monoisotopic (exact) mass is 346 g/mol. The maximum absolute atomic E-state index is 12.6. The van der Waals surface area contributed by atoms with Crippen LogP contribution in [0.5, 0.6) is 0 Å². The molecule has 1 aliphatic rings. The molecule has 1 fully saturated rings. The highest BCUT2D eigenvalue weighted by molar-refractivity contribution is 6.33. The lowest BCUT2D eigenvalue weighted by molar-refractivity contribution is -0.137. The number of hydrogen-bond donors (Lipinski definition) is 1. The van der Waals surface area contributed by atoms with E-state index in [0.717, 1.165) is 18.1 Å². The fraction of sp³-hybridized carbons (Fsp3) is 0.429. The molecule has 3 rings (SSSR count). The minimum atomic E-state index is -4.47. The van der Waals surface area contributed by atoms with Crippen LogP contribution in [0.15, 0.2) is 24.7 Å². The number of nitrogens with one attached hydrogen (secondary N) is 1. The van der Waals surface area contributed by atoms with E-state index in [4.69, 9.17) is 16.3 Å². The number of halogens is 4. The van der Waals surface area contributed by atoms with E-state index in [1.165, 1.54) is 0 Å². The highest BCUT2D eigenvalue weighted by Gasteiger charge is 2.34. The van der Waals surface area contributed by atoms with Gasteiger partial charge in [0.25, 0.3) is 0 Å². The van der Waals surface area contributed by atoms with Crippen molar-refractivity contribution in [1.29, 1.82) is 0 Å². The third-order valence-corrected chi connectivity index (χ3v) is 3.98. The molecule has 9 heteroatoms. The van der Waals surface area contributed by atoms with Gasteiger partial charge in [0.15, 0.2) is 0 Å². The molecule has 2 aromatic heterocycles. The number of anilines is 1. The Morgan fingerprint density at radius 2 is 2.17 bits per heavy atom. The summed E-state index contributed by atoms with van der Waals surface area (Å²) in [5.74, 6) is 0.942. The third-order valence-electron chi connectivity index (χ3n) is 3.70. The number of ether oxygens (including phenoxy) is 1. The Hall–Kier alpha value is -1.80. The van der Waals surface area contributed by atoms with Crippen molar-refractivity contribution in [2.75, 3.05) is 11.9 Å². The second-order valence-electron chi connectivity index (χ2n) is 5.28. The first-order valence-electron chi connectivity index (χ1n) is 6.94. The maximum atomic E-state index is 12.6. The second kappa shape index (κ2) is 6.01.